The third kappa shape index (κ3) is 2.93. The SMILES string of the molecule is CNC(c1c(C)cc(F)cc1C)c1c(F)cc(F)cc1F. The molecule has 1 N–H and O–H groups in total. The maximum absolute atomic E-state index is 14.0. The number of aryl methyl sites for hydroxylation is 2. The van der Waals surface area contributed by atoms with Crippen LogP contribution in [0.3, 0.4) is 0 Å². The van der Waals surface area contributed by atoms with Crippen LogP contribution in [-0.2, 0) is 0 Å². The standard InChI is InChI=1S/C16H15F4N/c1-8-4-10(17)5-9(2)14(8)16(21-3)15-12(19)6-11(18)7-13(15)20/h4-7,16,21H,1-3H3. The van der Waals surface area contributed by atoms with Crippen molar-refractivity contribution in [3.8, 4) is 0 Å². The van der Waals surface area contributed by atoms with Crippen LogP contribution in [0.25, 0.3) is 0 Å². The average Bonchev–Trinajstić information content (AvgIpc) is 2.34. The molecule has 1 nitrogen and oxygen atoms in total. The minimum absolute atomic E-state index is 0.281. The molecule has 0 heterocycles. The Kier molecular flexibility index (Phi) is 4.32. The Labute approximate surface area is 120 Å². The van der Waals surface area contributed by atoms with Crippen LogP contribution in [0.15, 0.2) is 24.3 Å². The van der Waals surface area contributed by atoms with Crippen molar-refractivity contribution in [3.63, 3.8) is 0 Å². The molecule has 2 aromatic rings. The lowest BCUT2D eigenvalue weighted by Gasteiger charge is -2.23. The first-order chi connectivity index (χ1) is 9.85. The average molecular weight is 297 g/mol. The van der Waals surface area contributed by atoms with E-state index in [1.165, 1.54) is 19.2 Å². The van der Waals surface area contributed by atoms with E-state index in [4.69, 9.17) is 0 Å². The molecule has 0 spiro atoms. The largest absolute Gasteiger partial charge is 0.309 e. The Hall–Kier alpha value is -1.88. The minimum atomic E-state index is -0.977. The van der Waals surface area contributed by atoms with Crippen LogP contribution < -0.4 is 5.32 Å². The summed E-state index contributed by atoms with van der Waals surface area (Å²) in [5.41, 5.74) is 1.42. The molecule has 0 aromatic heterocycles. The Morgan fingerprint density at radius 2 is 1.19 bits per heavy atom. The zero-order chi connectivity index (χ0) is 15.7. The molecule has 0 saturated heterocycles. The maximum Gasteiger partial charge on any atom is 0.134 e. The van der Waals surface area contributed by atoms with E-state index >= 15 is 0 Å². The van der Waals surface area contributed by atoms with Crippen LogP contribution in [0.4, 0.5) is 17.6 Å². The van der Waals surface area contributed by atoms with Gasteiger partial charge in [0.1, 0.15) is 23.3 Å². The fraction of sp³-hybridized carbons (Fsp3) is 0.250. The van der Waals surface area contributed by atoms with Gasteiger partial charge in [-0.05, 0) is 49.7 Å². The second-order valence-corrected chi connectivity index (χ2v) is 4.96. The molecular formula is C16H15F4N. The van der Waals surface area contributed by atoms with Gasteiger partial charge < -0.3 is 5.32 Å². The molecule has 1 atom stereocenters. The number of rotatable bonds is 3. The van der Waals surface area contributed by atoms with E-state index in [0.29, 0.717) is 28.8 Å². The first-order valence-electron chi connectivity index (χ1n) is 6.43. The first-order valence-corrected chi connectivity index (χ1v) is 6.43. The molecule has 21 heavy (non-hydrogen) atoms. The fourth-order valence-corrected chi connectivity index (χ4v) is 2.64. The summed E-state index contributed by atoms with van der Waals surface area (Å²) < 4.78 is 54.4. The van der Waals surface area contributed by atoms with E-state index < -0.39 is 29.3 Å². The van der Waals surface area contributed by atoms with Crippen molar-refractivity contribution >= 4 is 0 Å². The van der Waals surface area contributed by atoms with E-state index in [0.717, 1.165) is 0 Å². The summed E-state index contributed by atoms with van der Waals surface area (Å²) in [7, 11) is 1.54. The maximum atomic E-state index is 14.0. The number of benzene rings is 2. The smallest absolute Gasteiger partial charge is 0.134 e. The van der Waals surface area contributed by atoms with E-state index in [1.54, 1.807) is 13.8 Å². The van der Waals surface area contributed by atoms with Gasteiger partial charge in [-0.2, -0.15) is 0 Å². The molecule has 0 amide bonds. The summed E-state index contributed by atoms with van der Waals surface area (Å²) in [6.45, 7) is 3.32. The molecule has 0 aliphatic rings. The number of halogens is 4. The molecule has 0 radical (unpaired) electrons. The van der Waals surface area contributed by atoms with Gasteiger partial charge in [0, 0.05) is 17.7 Å². The quantitative estimate of drug-likeness (QED) is 0.839. The third-order valence-electron chi connectivity index (χ3n) is 3.47. The molecule has 1 unspecified atom stereocenters. The van der Waals surface area contributed by atoms with Crippen molar-refractivity contribution < 1.29 is 17.6 Å². The van der Waals surface area contributed by atoms with E-state index in [-0.39, 0.29) is 5.56 Å². The lowest BCUT2D eigenvalue weighted by molar-refractivity contribution is 0.498. The van der Waals surface area contributed by atoms with Gasteiger partial charge in [-0.25, -0.2) is 17.6 Å². The topological polar surface area (TPSA) is 12.0 Å². The van der Waals surface area contributed by atoms with Gasteiger partial charge in [0.25, 0.3) is 0 Å². The number of hydrogen-bond acceptors (Lipinski definition) is 1. The normalized spacial score (nSPS) is 12.5. The first kappa shape index (κ1) is 15.5. The Morgan fingerprint density at radius 3 is 1.62 bits per heavy atom. The third-order valence-corrected chi connectivity index (χ3v) is 3.47. The predicted octanol–water partition coefficient (Wildman–Crippen LogP) is 4.17. The highest BCUT2D eigenvalue weighted by Crippen LogP contribution is 2.32. The van der Waals surface area contributed by atoms with Crippen LogP contribution in [0.2, 0.25) is 0 Å². The molecule has 0 fully saturated rings. The van der Waals surface area contributed by atoms with Crippen molar-refractivity contribution in [1.29, 1.82) is 0 Å². The molecule has 2 aromatic carbocycles. The molecule has 5 heteroatoms. The minimum Gasteiger partial charge on any atom is -0.309 e. The molecule has 0 aliphatic heterocycles. The lowest BCUT2D eigenvalue weighted by Crippen LogP contribution is -2.22. The summed E-state index contributed by atoms with van der Waals surface area (Å²) in [5, 5.41) is 2.81. The molecular weight excluding hydrogens is 282 g/mol. The molecule has 2 rings (SSSR count). The van der Waals surface area contributed by atoms with Crippen molar-refractivity contribution in [2.24, 2.45) is 0 Å². The predicted molar refractivity (Wildman–Crippen MR) is 73.1 cm³/mol. The second kappa shape index (κ2) is 5.85. The molecule has 0 aliphatic carbocycles. The van der Waals surface area contributed by atoms with Gasteiger partial charge in [0.2, 0.25) is 0 Å². The summed E-state index contributed by atoms with van der Waals surface area (Å²) in [4.78, 5) is 0. The summed E-state index contributed by atoms with van der Waals surface area (Å²) in [6.07, 6.45) is 0. The zero-order valence-electron chi connectivity index (χ0n) is 11.9. The van der Waals surface area contributed by atoms with Gasteiger partial charge >= 0.3 is 0 Å². The van der Waals surface area contributed by atoms with Gasteiger partial charge in [-0.15, -0.1) is 0 Å². The number of nitrogens with one attached hydrogen (secondary N) is 1. The molecule has 0 saturated carbocycles. The Bertz CT molecular complexity index is 578. The summed E-state index contributed by atoms with van der Waals surface area (Å²) in [5.74, 6) is -3.34. The summed E-state index contributed by atoms with van der Waals surface area (Å²) >= 11 is 0. The highest BCUT2D eigenvalue weighted by atomic mass is 19.1. The highest BCUT2D eigenvalue weighted by molar-refractivity contribution is 5.43. The van der Waals surface area contributed by atoms with Crippen molar-refractivity contribution in [3.05, 3.63) is 69.8 Å². The molecule has 0 bridgehead atoms. The Morgan fingerprint density at radius 1 is 0.762 bits per heavy atom. The fourth-order valence-electron chi connectivity index (χ4n) is 2.64. The van der Waals surface area contributed by atoms with Crippen LogP contribution >= 0.6 is 0 Å². The van der Waals surface area contributed by atoms with Crippen LogP contribution in [0.1, 0.15) is 28.3 Å². The van der Waals surface area contributed by atoms with Crippen LogP contribution in [-0.4, -0.2) is 7.05 Å². The Balaban J connectivity index is 2.66. The van der Waals surface area contributed by atoms with Gasteiger partial charge in [-0.3, -0.25) is 0 Å². The zero-order valence-corrected chi connectivity index (χ0v) is 11.9. The second-order valence-electron chi connectivity index (χ2n) is 4.96. The number of hydrogen-bond donors (Lipinski definition) is 1. The van der Waals surface area contributed by atoms with Crippen molar-refractivity contribution in [2.45, 2.75) is 19.9 Å². The van der Waals surface area contributed by atoms with Crippen molar-refractivity contribution in [2.75, 3.05) is 7.05 Å². The van der Waals surface area contributed by atoms with E-state index in [1.807, 2.05) is 0 Å². The lowest BCUT2D eigenvalue weighted by atomic mass is 9.90. The van der Waals surface area contributed by atoms with Gasteiger partial charge in [0.05, 0.1) is 6.04 Å². The van der Waals surface area contributed by atoms with Crippen LogP contribution in [0, 0.1) is 37.1 Å². The van der Waals surface area contributed by atoms with Gasteiger partial charge in [0.15, 0.2) is 0 Å². The van der Waals surface area contributed by atoms with E-state index in [9.17, 15) is 17.6 Å². The van der Waals surface area contributed by atoms with Gasteiger partial charge in [-0.1, -0.05) is 0 Å². The van der Waals surface area contributed by atoms with Crippen molar-refractivity contribution in [1.82, 2.24) is 5.32 Å². The van der Waals surface area contributed by atoms with Crippen LogP contribution in [0.5, 0.6) is 0 Å². The van der Waals surface area contributed by atoms with E-state index in [2.05, 4.69) is 5.32 Å². The molecule has 112 valence electrons. The summed E-state index contributed by atoms with van der Waals surface area (Å²) in [6, 6.07) is 3.04. The monoisotopic (exact) mass is 297 g/mol. The highest BCUT2D eigenvalue weighted by Gasteiger charge is 2.24.